The van der Waals surface area contributed by atoms with Crippen molar-refractivity contribution in [2.45, 2.75) is 24.9 Å². The molecular weight excluding hydrogens is 276 g/mol. The highest BCUT2D eigenvalue weighted by molar-refractivity contribution is 5.90. The van der Waals surface area contributed by atoms with Crippen LogP contribution in [-0.2, 0) is 9.59 Å². The third-order valence-electron chi connectivity index (χ3n) is 4.25. The zero-order valence-corrected chi connectivity index (χ0v) is 12.4. The normalized spacial score (nSPS) is 24.6. The minimum atomic E-state index is -1.10. The van der Waals surface area contributed by atoms with Gasteiger partial charge in [-0.15, -0.1) is 0 Å². The third-order valence-corrected chi connectivity index (χ3v) is 4.25. The molecular formula is C13H22N4O4. The van der Waals surface area contributed by atoms with Gasteiger partial charge < -0.3 is 20.2 Å². The number of aliphatic carboxylic acids is 1. The Morgan fingerprint density at radius 2 is 1.95 bits per heavy atom. The molecule has 1 atom stereocenters. The zero-order chi connectivity index (χ0) is 15.6. The van der Waals surface area contributed by atoms with Crippen LogP contribution in [0.25, 0.3) is 0 Å². The lowest BCUT2D eigenvalue weighted by Crippen LogP contribution is -2.62. The maximum absolute atomic E-state index is 12.5. The molecule has 0 saturated carbocycles. The topological polar surface area (TPSA) is 93.2 Å². The second-order valence-electron chi connectivity index (χ2n) is 5.71. The van der Waals surface area contributed by atoms with Crippen LogP contribution < -0.4 is 5.32 Å². The standard InChI is InChI=1S/C13H22N4O4/c1-15-5-3-9(4-6-15)16(2)13(21)17-8-11(18)14-7-10(17)12(19)20/h9-10H,3-8H2,1-2H3,(H,14,18)(H,19,20). The summed E-state index contributed by atoms with van der Waals surface area (Å²) in [5.74, 6) is -1.42. The second-order valence-corrected chi connectivity index (χ2v) is 5.71. The first-order chi connectivity index (χ1) is 9.90. The molecule has 8 nitrogen and oxygen atoms in total. The van der Waals surface area contributed by atoms with Gasteiger partial charge in [-0.1, -0.05) is 0 Å². The summed E-state index contributed by atoms with van der Waals surface area (Å²) in [6.45, 7) is 1.57. The Balaban J connectivity index is 2.05. The number of hydrogen-bond acceptors (Lipinski definition) is 4. The summed E-state index contributed by atoms with van der Waals surface area (Å²) < 4.78 is 0. The lowest BCUT2D eigenvalue weighted by atomic mass is 10.0. The molecule has 3 amide bonds. The predicted octanol–water partition coefficient (Wildman–Crippen LogP) is -0.983. The van der Waals surface area contributed by atoms with Gasteiger partial charge in [0.25, 0.3) is 0 Å². The van der Waals surface area contributed by atoms with Gasteiger partial charge in [0.15, 0.2) is 0 Å². The SMILES string of the molecule is CN1CCC(N(C)C(=O)N2CC(=O)NCC2C(=O)O)CC1. The number of carbonyl (C=O) groups excluding carboxylic acids is 2. The van der Waals surface area contributed by atoms with Crippen LogP contribution in [0.2, 0.25) is 0 Å². The van der Waals surface area contributed by atoms with Crippen molar-refractivity contribution >= 4 is 17.9 Å². The molecule has 0 aromatic rings. The van der Waals surface area contributed by atoms with Crippen molar-refractivity contribution in [1.82, 2.24) is 20.0 Å². The molecule has 21 heavy (non-hydrogen) atoms. The van der Waals surface area contributed by atoms with Gasteiger partial charge in [-0.3, -0.25) is 9.69 Å². The second kappa shape index (κ2) is 6.30. The van der Waals surface area contributed by atoms with Crippen LogP contribution in [0.15, 0.2) is 0 Å². The van der Waals surface area contributed by atoms with Crippen molar-refractivity contribution in [2.24, 2.45) is 0 Å². The van der Waals surface area contributed by atoms with Crippen molar-refractivity contribution in [3.63, 3.8) is 0 Å². The lowest BCUT2D eigenvalue weighted by molar-refractivity contribution is -0.144. The lowest BCUT2D eigenvalue weighted by Gasteiger charge is -2.40. The van der Waals surface area contributed by atoms with E-state index in [-0.39, 0.29) is 31.1 Å². The Bertz CT molecular complexity index is 434. The van der Waals surface area contributed by atoms with E-state index in [1.807, 2.05) is 7.05 Å². The van der Waals surface area contributed by atoms with Crippen LogP contribution in [0.4, 0.5) is 4.79 Å². The maximum Gasteiger partial charge on any atom is 0.328 e. The number of piperidine rings is 1. The molecule has 118 valence electrons. The quantitative estimate of drug-likeness (QED) is 0.683. The Morgan fingerprint density at radius 3 is 2.52 bits per heavy atom. The smallest absolute Gasteiger partial charge is 0.328 e. The highest BCUT2D eigenvalue weighted by Crippen LogP contribution is 2.17. The Labute approximate surface area is 123 Å². The number of piperazine rings is 1. The summed E-state index contributed by atoms with van der Waals surface area (Å²) >= 11 is 0. The van der Waals surface area contributed by atoms with Gasteiger partial charge in [0.1, 0.15) is 12.6 Å². The summed E-state index contributed by atoms with van der Waals surface area (Å²) in [6.07, 6.45) is 1.72. The highest BCUT2D eigenvalue weighted by Gasteiger charge is 2.38. The Hall–Kier alpha value is -1.83. The van der Waals surface area contributed by atoms with Gasteiger partial charge in [0, 0.05) is 19.6 Å². The van der Waals surface area contributed by atoms with E-state index in [1.165, 1.54) is 0 Å². The first-order valence-electron chi connectivity index (χ1n) is 7.11. The average Bonchev–Trinajstić information content (AvgIpc) is 2.46. The number of carbonyl (C=O) groups is 3. The van der Waals surface area contributed by atoms with Crippen LogP contribution in [-0.4, -0.2) is 90.1 Å². The molecule has 2 N–H and O–H groups in total. The highest BCUT2D eigenvalue weighted by atomic mass is 16.4. The van der Waals surface area contributed by atoms with Gasteiger partial charge in [-0.05, 0) is 33.0 Å². The van der Waals surface area contributed by atoms with Crippen molar-refractivity contribution in [1.29, 1.82) is 0 Å². The molecule has 0 aromatic heterocycles. The fraction of sp³-hybridized carbons (Fsp3) is 0.769. The van der Waals surface area contributed by atoms with E-state index in [4.69, 9.17) is 0 Å². The number of amides is 3. The fourth-order valence-electron chi connectivity index (χ4n) is 2.80. The van der Waals surface area contributed by atoms with Crippen molar-refractivity contribution in [3.8, 4) is 0 Å². The van der Waals surface area contributed by atoms with Gasteiger partial charge in [-0.25, -0.2) is 9.59 Å². The Kier molecular flexibility index (Phi) is 4.66. The monoisotopic (exact) mass is 298 g/mol. The average molecular weight is 298 g/mol. The van der Waals surface area contributed by atoms with E-state index in [0.717, 1.165) is 30.8 Å². The van der Waals surface area contributed by atoms with Crippen LogP contribution in [0.3, 0.4) is 0 Å². The number of nitrogens with zero attached hydrogens (tertiary/aromatic N) is 3. The van der Waals surface area contributed by atoms with Crippen LogP contribution in [0, 0.1) is 0 Å². The van der Waals surface area contributed by atoms with Crippen LogP contribution in [0.5, 0.6) is 0 Å². The zero-order valence-electron chi connectivity index (χ0n) is 12.4. The number of rotatable bonds is 2. The molecule has 2 aliphatic rings. The molecule has 8 heteroatoms. The molecule has 0 spiro atoms. The molecule has 2 rings (SSSR count). The van der Waals surface area contributed by atoms with Gasteiger partial charge in [0.05, 0.1) is 0 Å². The van der Waals surface area contributed by atoms with E-state index >= 15 is 0 Å². The first kappa shape index (κ1) is 15.6. The summed E-state index contributed by atoms with van der Waals surface area (Å²) in [5, 5.41) is 11.7. The minimum Gasteiger partial charge on any atom is -0.480 e. The van der Waals surface area contributed by atoms with E-state index in [0.29, 0.717) is 0 Å². The number of nitrogens with one attached hydrogen (secondary N) is 1. The van der Waals surface area contributed by atoms with Crippen molar-refractivity contribution < 1.29 is 19.5 Å². The van der Waals surface area contributed by atoms with E-state index in [1.54, 1.807) is 11.9 Å². The number of hydrogen-bond donors (Lipinski definition) is 2. The number of carboxylic acids is 1. The van der Waals surface area contributed by atoms with Gasteiger partial charge in [-0.2, -0.15) is 0 Å². The van der Waals surface area contributed by atoms with Gasteiger partial charge >= 0.3 is 12.0 Å². The summed E-state index contributed by atoms with van der Waals surface area (Å²) in [4.78, 5) is 40.2. The molecule has 1 unspecified atom stereocenters. The van der Waals surface area contributed by atoms with E-state index < -0.39 is 12.0 Å². The minimum absolute atomic E-state index is 0.0405. The Morgan fingerprint density at radius 1 is 1.33 bits per heavy atom. The van der Waals surface area contributed by atoms with E-state index in [2.05, 4.69) is 10.2 Å². The molecule has 0 radical (unpaired) electrons. The number of carboxylic acid groups (broad SMARTS) is 1. The fourth-order valence-corrected chi connectivity index (χ4v) is 2.80. The van der Waals surface area contributed by atoms with Crippen LogP contribution >= 0.6 is 0 Å². The maximum atomic E-state index is 12.5. The molecule has 2 fully saturated rings. The van der Waals surface area contributed by atoms with Crippen molar-refractivity contribution in [3.05, 3.63) is 0 Å². The van der Waals surface area contributed by atoms with E-state index in [9.17, 15) is 19.5 Å². The summed E-state index contributed by atoms with van der Waals surface area (Å²) in [7, 11) is 3.72. The molecule has 2 saturated heterocycles. The molecule has 0 bridgehead atoms. The van der Waals surface area contributed by atoms with Crippen molar-refractivity contribution in [2.75, 3.05) is 40.3 Å². The molecule has 0 aromatic carbocycles. The predicted molar refractivity (Wildman–Crippen MR) is 74.8 cm³/mol. The number of urea groups is 1. The molecule has 2 heterocycles. The summed E-state index contributed by atoms with van der Waals surface area (Å²) in [6, 6.07) is -1.29. The van der Waals surface area contributed by atoms with Crippen LogP contribution in [0.1, 0.15) is 12.8 Å². The summed E-state index contributed by atoms with van der Waals surface area (Å²) in [5.41, 5.74) is 0. The molecule has 0 aliphatic carbocycles. The number of likely N-dealkylation sites (tertiary alicyclic amines) is 1. The first-order valence-corrected chi connectivity index (χ1v) is 7.11. The third kappa shape index (κ3) is 3.44. The van der Waals surface area contributed by atoms with Gasteiger partial charge in [0.2, 0.25) is 5.91 Å². The molecule has 2 aliphatic heterocycles. The largest absolute Gasteiger partial charge is 0.480 e.